The average molecular weight is 557 g/mol. The molecule has 1 N–H and O–H groups in total. The van der Waals surface area contributed by atoms with Crippen LogP contribution in [0.15, 0.2) is 77.7 Å². The first-order valence-corrected chi connectivity index (χ1v) is 14.4. The van der Waals surface area contributed by atoms with Gasteiger partial charge in [0.15, 0.2) is 0 Å². The van der Waals surface area contributed by atoms with Gasteiger partial charge >= 0.3 is 6.18 Å². The van der Waals surface area contributed by atoms with E-state index in [0.29, 0.717) is 26.2 Å². The third-order valence-corrected chi connectivity index (χ3v) is 7.91. The van der Waals surface area contributed by atoms with Crippen molar-refractivity contribution in [3.05, 3.63) is 89.5 Å². The van der Waals surface area contributed by atoms with Gasteiger partial charge in [0.25, 0.3) is 0 Å². The molecule has 0 bridgehead atoms. The van der Waals surface area contributed by atoms with E-state index in [9.17, 15) is 18.0 Å². The van der Waals surface area contributed by atoms with Gasteiger partial charge in [-0.15, -0.1) is 11.8 Å². The maximum atomic E-state index is 13.0. The van der Waals surface area contributed by atoms with Gasteiger partial charge in [-0.2, -0.15) is 13.2 Å². The highest BCUT2D eigenvalue weighted by Gasteiger charge is 2.32. The summed E-state index contributed by atoms with van der Waals surface area (Å²) in [5, 5.41) is 2.98. The Morgan fingerprint density at radius 2 is 1.67 bits per heavy atom. The fourth-order valence-corrected chi connectivity index (χ4v) is 5.65. The Kier molecular flexibility index (Phi) is 9.97. The third-order valence-electron chi connectivity index (χ3n) is 7.01. The fraction of sp³-hybridized carbons (Fsp3) is 0.387. The number of anilines is 2. The predicted octanol–water partition coefficient (Wildman–Crippen LogP) is 7.79. The van der Waals surface area contributed by atoms with Crippen LogP contribution in [0.1, 0.15) is 49.3 Å². The lowest BCUT2D eigenvalue weighted by atomic mass is 9.86. The van der Waals surface area contributed by atoms with Crippen molar-refractivity contribution in [1.82, 2.24) is 0 Å². The summed E-state index contributed by atoms with van der Waals surface area (Å²) >= 11 is 1.77. The standard InChI is InChI=1S/C31H35F3N2O2S/c1-3-38-21-28-14-9-24(23-7-10-25(11-8-23)31(32,33)34)20-36(28)27-15-12-26(13-16-27)35-30(37)19-22-5-17-29(18-6-22)39-4-2/h5-8,10-13,15-18,24,28H,3-4,9,14,19-21H2,1-2H3,(H,35,37)/t24?,28-/m0/s1. The van der Waals surface area contributed by atoms with Gasteiger partial charge in [-0.3, -0.25) is 4.79 Å². The number of carbonyl (C=O) groups is 1. The van der Waals surface area contributed by atoms with Crippen LogP contribution in [-0.4, -0.2) is 37.5 Å². The van der Waals surface area contributed by atoms with Gasteiger partial charge in [0, 0.05) is 35.3 Å². The molecule has 39 heavy (non-hydrogen) atoms. The molecule has 1 saturated heterocycles. The molecule has 0 radical (unpaired) electrons. The maximum Gasteiger partial charge on any atom is 0.416 e. The van der Waals surface area contributed by atoms with Crippen LogP contribution in [0.2, 0.25) is 0 Å². The molecule has 1 heterocycles. The van der Waals surface area contributed by atoms with Crippen molar-refractivity contribution in [3.8, 4) is 0 Å². The first-order valence-electron chi connectivity index (χ1n) is 13.4. The highest BCUT2D eigenvalue weighted by Crippen LogP contribution is 2.36. The number of nitrogens with one attached hydrogen (secondary N) is 1. The van der Waals surface area contributed by atoms with E-state index in [0.717, 1.165) is 41.1 Å². The zero-order chi connectivity index (χ0) is 27.8. The van der Waals surface area contributed by atoms with Crippen molar-refractivity contribution in [2.45, 2.75) is 56.1 Å². The van der Waals surface area contributed by atoms with Gasteiger partial charge in [-0.25, -0.2) is 0 Å². The van der Waals surface area contributed by atoms with Gasteiger partial charge < -0.3 is 15.0 Å². The van der Waals surface area contributed by atoms with Crippen LogP contribution in [0.5, 0.6) is 0 Å². The molecule has 1 unspecified atom stereocenters. The van der Waals surface area contributed by atoms with E-state index in [-0.39, 0.29) is 17.9 Å². The molecule has 2 atom stereocenters. The summed E-state index contributed by atoms with van der Waals surface area (Å²) in [7, 11) is 0. The van der Waals surface area contributed by atoms with E-state index in [1.807, 2.05) is 55.5 Å². The molecule has 1 aliphatic rings. The zero-order valence-electron chi connectivity index (χ0n) is 22.3. The van der Waals surface area contributed by atoms with E-state index in [1.54, 1.807) is 23.9 Å². The quantitative estimate of drug-likeness (QED) is 0.259. The number of amides is 1. The summed E-state index contributed by atoms with van der Waals surface area (Å²) in [4.78, 5) is 16.1. The third kappa shape index (κ3) is 8.02. The van der Waals surface area contributed by atoms with E-state index in [4.69, 9.17) is 4.74 Å². The smallest absolute Gasteiger partial charge is 0.380 e. The summed E-state index contributed by atoms with van der Waals surface area (Å²) in [6.07, 6.45) is -2.28. The van der Waals surface area contributed by atoms with Crippen molar-refractivity contribution in [2.75, 3.05) is 35.7 Å². The molecule has 1 aliphatic heterocycles. The summed E-state index contributed by atoms with van der Waals surface area (Å²) in [5.41, 5.74) is 2.97. The lowest BCUT2D eigenvalue weighted by Crippen LogP contribution is -2.45. The maximum absolute atomic E-state index is 13.0. The second-order valence-electron chi connectivity index (χ2n) is 9.71. The molecule has 1 fully saturated rings. The Morgan fingerprint density at radius 1 is 0.974 bits per heavy atom. The van der Waals surface area contributed by atoms with Crippen LogP contribution in [0.4, 0.5) is 24.5 Å². The number of carbonyl (C=O) groups excluding carboxylic acids is 1. The van der Waals surface area contributed by atoms with Gasteiger partial charge in [-0.1, -0.05) is 31.2 Å². The highest BCUT2D eigenvalue weighted by atomic mass is 32.2. The number of nitrogens with zero attached hydrogens (tertiary/aromatic N) is 1. The van der Waals surface area contributed by atoms with Crippen LogP contribution in [0, 0.1) is 0 Å². The molecule has 0 aromatic heterocycles. The highest BCUT2D eigenvalue weighted by molar-refractivity contribution is 7.99. The Balaban J connectivity index is 1.42. The topological polar surface area (TPSA) is 41.6 Å². The molecule has 208 valence electrons. The minimum absolute atomic E-state index is 0.0757. The second kappa shape index (κ2) is 13.4. The van der Waals surface area contributed by atoms with Gasteiger partial charge in [0.1, 0.15) is 0 Å². The predicted molar refractivity (Wildman–Crippen MR) is 153 cm³/mol. The van der Waals surface area contributed by atoms with Crippen molar-refractivity contribution >= 4 is 29.0 Å². The number of benzene rings is 3. The van der Waals surface area contributed by atoms with Crippen molar-refractivity contribution in [2.24, 2.45) is 0 Å². The molecule has 8 heteroatoms. The molecule has 4 rings (SSSR count). The minimum atomic E-state index is -4.34. The molecule has 4 nitrogen and oxygen atoms in total. The van der Waals surface area contributed by atoms with E-state index in [1.165, 1.54) is 17.0 Å². The van der Waals surface area contributed by atoms with Crippen molar-refractivity contribution in [3.63, 3.8) is 0 Å². The molecule has 3 aromatic rings. The molecule has 0 aliphatic carbocycles. The largest absolute Gasteiger partial charge is 0.416 e. The average Bonchev–Trinajstić information content (AvgIpc) is 2.93. The van der Waals surface area contributed by atoms with Crippen molar-refractivity contribution in [1.29, 1.82) is 0 Å². The second-order valence-corrected chi connectivity index (χ2v) is 11.0. The normalized spacial score (nSPS) is 17.7. The van der Waals surface area contributed by atoms with Gasteiger partial charge in [-0.05, 0) is 85.2 Å². The summed E-state index contributed by atoms with van der Waals surface area (Å²) in [6, 6.07) is 21.5. The number of ether oxygens (including phenoxy) is 1. The molecule has 3 aromatic carbocycles. The van der Waals surface area contributed by atoms with E-state index in [2.05, 4.69) is 17.1 Å². The lowest BCUT2D eigenvalue weighted by Gasteiger charge is -2.41. The van der Waals surface area contributed by atoms with E-state index >= 15 is 0 Å². The van der Waals surface area contributed by atoms with E-state index < -0.39 is 11.7 Å². The Morgan fingerprint density at radius 3 is 2.28 bits per heavy atom. The fourth-order valence-electron chi connectivity index (χ4n) is 4.98. The first kappa shape index (κ1) is 29.0. The summed E-state index contributed by atoms with van der Waals surface area (Å²) in [6.45, 7) is 5.97. The number of hydrogen-bond donors (Lipinski definition) is 1. The number of halogens is 3. The lowest BCUT2D eigenvalue weighted by molar-refractivity contribution is -0.137. The molecular weight excluding hydrogens is 521 g/mol. The molecule has 1 amide bonds. The van der Waals surface area contributed by atoms with Crippen LogP contribution in [0.3, 0.4) is 0 Å². The summed E-state index contributed by atoms with van der Waals surface area (Å²) < 4.78 is 44.8. The van der Waals surface area contributed by atoms with Crippen molar-refractivity contribution < 1.29 is 22.7 Å². The van der Waals surface area contributed by atoms with Crippen LogP contribution in [0.25, 0.3) is 0 Å². The van der Waals surface area contributed by atoms with Gasteiger partial charge in [0.2, 0.25) is 5.91 Å². The first-order chi connectivity index (χ1) is 18.8. The zero-order valence-corrected chi connectivity index (χ0v) is 23.2. The van der Waals surface area contributed by atoms with Gasteiger partial charge in [0.05, 0.1) is 24.6 Å². The van der Waals surface area contributed by atoms with Crippen LogP contribution >= 0.6 is 11.8 Å². The van der Waals surface area contributed by atoms with Crippen LogP contribution < -0.4 is 10.2 Å². The Labute approximate surface area is 232 Å². The monoisotopic (exact) mass is 556 g/mol. The molecule has 0 saturated carbocycles. The minimum Gasteiger partial charge on any atom is -0.380 e. The number of rotatable bonds is 10. The SMILES string of the molecule is CCOC[C@@H]1CCC(c2ccc(C(F)(F)F)cc2)CN1c1ccc(NC(=O)Cc2ccc(SCC)cc2)cc1. The number of thioether (sulfide) groups is 1. The molecular formula is C31H35F3N2O2S. The Hall–Kier alpha value is -2.97. The number of alkyl halides is 3. The number of hydrogen-bond acceptors (Lipinski definition) is 4. The van der Waals surface area contributed by atoms with Crippen LogP contribution in [-0.2, 0) is 22.1 Å². The Bertz CT molecular complexity index is 1200. The molecule has 0 spiro atoms. The summed E-state index contributed by atoms with van der Waals surface area (Å²) in [5.74, 6) is 1.05. The number of piperidine rings is 1.